The molecule has 120 valence electrons. The lowest BCUT2D eigenvalue weighted by molar-refractivity contribution is -0.120. The van der Waals surface area contributed by atoms with Crippen molar-refractivity contribution in [2.75, 3.05) is 18.0 Å². The van der Waals surface area contributed by atoms with Gasteiger partial charge in [0.1, 0.15) is 6.04 Å². The number of hydrogen-bond donors (Lipinski definition) is 2. The van der Waals surface area contributed by atoms with Crippen molar-refractivity contribution in [3.8, 4) is 0 Å². The number of carbonyl (C=O) groups is 1. The van der Waals surface area contributed by atoms with Crippen molar-refractivity contribution in [3.05, 3.63) is 53.9 Å². The second-order valence-electron chi connectivity index (χ2n) is 5.71. The summed E-state index contributed by atoms with van der Waals surface area (Å²) < 4.78 is 0. The quantitative estimate of drug-likeness (QED) is 0.842. The molecule has 6 heteroatoms. The fourth-order valence-corrected chi connectivity index (χ4v) is 2.77. The van der Waals surface area contributed by atoms with Gasteiger partial charge in [-0.2, -0.15) is 0 Å². The summed E-state index contributed by atoms with van der Waals surface area (Å²) in [6.45, 7) is 2.54. The lowest BCUT2D eigenvalue weighted by Gasteiger charge is -2.17. The molecule has 3 N–H and O–H groups in total. The molecule has 23 heavy (non-hydrogen) atoms. The van der Waals surface area contributed by atoms with Crippen LogP contribution in [0.3, 0.4) is 0 Å². The summed E-state index contributed by atoms with van der Waals surface area (Å²) in [5.41, 5.74) is 7.28. The zero-order chi connectivity index (χ0) is 16.1. The van der Waals surface area contributed by atoms with E-state index in [-0.39, 0.29) is 0 Å². The molecule has 2 aromatic rings. The third-order valence-corrected chi connectivity index (χ3v) is 4.01. The van der Waals surface area contributed by atoms with Gasteiger partial charge >= 0.3 is 0 Å². The molecule has 3 rings (SSSR count). The van der Waals surface area contributed by atoms with Crippen LogP contribution in [0.2, 0.25) is 0 Å². The highest BCUT2D eigenvalue weighted by Crippen LogP contribution is 2.16. The predicted octanol–water partition coefficient (Wildman–Crippen LogP) is 1.39. The lowest BCUT2D eigenvalue weighted by Crippen LogP contribution is -2.33. The van der Waals surface area contributed by atoms with Crippen molar-refractivity contribution in [2.24, 2.45) is 5.73 Å². The summed E-state index contributed by atoms with van der Waals surface area (Å²) in [6.07, 6.45) is 6.00. The van der Waals surface area contributed by atoms with Gasteiger partial charge in [0.05, 0.1) is 0 Å². The van der Waals surface area contributed by atoms with Crippen LogP contribution < -0.4 is 16.0 Å². The monoisotopic (exact) mass is 311 g/mol. The first-order valence-electron chi connectivity index (χ1n) is 7.87. The molecule has 6 nitrogen and oxygen atoms in total. The van der Waals surface area contributed by atoms with E-state index in [1.54, 1.807) is 12.4 Å². The van der Waals surface area contributed by atoms with E-state index in [1.807, 2.05) is 30.3 Å². The summed E-state index contributed by atoms with van der Waals surface area (Å²) in [6, 6.07) is 8.94. The minimum atomic E-state index is -0.519. The van der Waals surface area contributed by atoms with Crippen molar-refractivity contribution in [1.29, 1.82) is 0 Å². The number of primary amides is 1. The highest BCUT2D eigenvalue weighted by Gasteiger charge is 2.17. The Balaban J connectivity index is 1.63. The molecule has 0 radical (unpaired) electrons. The van der Waals surface area contributed by atoms with Crippen LogP contribution in [-0.4, -0.2) is 29.0 Å². The molecule has 1 aromatic carbocycles. The maximum absolute atomic E-state index is 11.7. The summed E-state index contributed by atoms with van der Waals surface area (Å²) >= 11 is 0. The van der Waals surface area contributed by atoms with E-state index in [0.29, 0.717) is 6.54 Å². The van der Waals surface area contributed by atoms with Crippen LogP contribution >= 0.6 is 0 Å². The molecule has 1 fully saturated rings. The Bertz CT molecular complexity index is 638. The van der Waals surface area contributed by atoms with Gasteiger partial charge in [-0.3, -0.25) is 10.1 Å². The minimum Gasteiger partial charge on any atom is -0.368 e. The van der Waals surface area contributed by atoms with E-state index in [2.05, 4.69) is 20.2 Å². The fraction of sp³-hybridized carbons (Fsp3) is 0.353. The molecule has 1 aliphatic rings. The smallest absolute Gasteiger partial charge is 0.239 e. The number of aromatic nitrogens is 2. The zero-order valence-electron chi connectivity index (χ0n) is 13.0. The Morgan fingerprint density at radius 1 is 1.17 bits per heavy atom. The molecule has 1 atom stereocenters. The van der Waals surface area contributed by atoms with Gasteiger partial charge in [-0.15, -0.1) is 0 Å². The highest BCUT2D eigenvalue weighted by atomic mass is 16.1. The molecule has 0 aliphatic carbocycles. The van der Waals surface area contributed by atoms with Crippen molar-refractivity contribution in [1.82, 2.24) is 15.3 Å². The van der Waals surface area contributed by atoms with Crippen molar-refractivity contribution in [3.63, 3.8) is 0 Å². The molecule has 0 bridgehead atoms. The predicted molar refractivity (Wildman–Crippen MR) is 88.7 cm³/mol. The van der Waals surface area contributed by atoms with Crippen molar-refractivity contribution in [2.45, 2.75) is 25.4 Å². The zero-order valence-corrected chi connectivity index (χ0v) is 13.0. The summed E-state index contributed by atoms with van der Waals surface area (Å²) in [5, 5.41) is 3.17. The Hall–Kier alpha value is -2.47. The average Bonchev–Trinajstić information content (AvgIpc) is 3.11. The van der Waals surface area contributed by atoms with E-state index in [9.17, 15) is 4.79 Å². The third-order valence-electron chi connectivity index (χ3n) is 4.01. The summed E-state index contributed by atoms with van der Waals surface area (Å²) in [5.74, 6) is 0.381. The standard InChI is InChI=1S/C17H21N5O/c18-16(23)15(14-6-2-1-3-7-14)19-10-13-11-20-17(21-12-13)22-8-4-5-9-22/h1-3,6-7,11-12,15,19H,4-5,8-10H2,(H2,18,23)/t15-/m0/s1. The Morgan fingerprint density at radius 3 is 2.43 bits per heavy atom. The number of carbonyl (C=O) groups excluding carboxylic acids is 1. The first-order valence-corrected chi connectivity index (χ1v) is 7.87. The number of hydrogen-bond acceptors (Lipinski definition) is 5. The van der Waals surface area contributed by atoms with Gasteiger partial charge in [0.15, 0.2) is 0 Å². The Kier molecular flexibility index (Phi) is 4.83. The van der Waals surface area contributed by atoms with Crippen LogP contribution in [0.15, 0.2) is 42.7 Å². The average molecular weight is 311 g/mol. The molecule has 1 saturated heterocycles. The minimum absolute atomic E-state index is 0.397. The van der Waals surface area contributed by atoms with Gasteiger partial charge in [-0.1, -0.05) is 30.3 Å². The SMILES string of the molecule is NC(=O)[C@@H](NCc1cnc(N2CCCC2)nc1)c1ccccc1. The van der Waals surface area contributed by atoms with Crippen LogP contribution in [0.5, 0.6) is 0 Å². The topological polar surface area (TPSA) is 84.1 Å². The van der Waals surface area contributed by atoms with Gasteiger partial charge < -0.3 is 10.6 Å². The van der Waals surface area contributed by atoms with Gasteiger partial charge in [0, 0.05) is 37.6 Å². The number of rotatable bonds is 6. The molecule has 0 unspecified atom stereocenters. The molecule has 2 heterocycles. The number of benzene rings is 1. The number of nitrogens with one attached hydrogen (secondary N) is 1. The van der Waals surface area contributed by atoms with E-state index in [1.165, 1.54) is 12.8 Å². The fourth-order valence-electron chi connectivity index (χ4n) is 2.77. The van der Waals surface area contributed by atoms with Gasteiger partial charge in [0.25, 0.3) is 0 Å². The van der Waals surface area contributed by atoms with Gasteiger partial charge in [-0.25, -0.2) is 9.97 Å². The maximum atomic E-state index is 11.7. The third kappa shape index (κ3) is 3.84. The Labute approximate surface area is 135 Å². The first kappa shape index (κ1) is 15.4. The number of nitrogens with zero attached hydrogens (tertiary/aromatic N) is 3. The van der Waals surface area contributed by atoms with Gasteiger partial charge in [0.2, 0.25) is 11.9 Å². The molecular formula is C17H21N5O. The molecule has 0 saturated carbocycles. The second-order valence-corrected chi connectivity index (χ2v) is 5.71. The first-order chi connectivity index (χ1) is 11.2. The maximum Gasteiger partial charge on any atom is 0.239 e. The number of nitrogens with two attached hydrogens (primary N) is 1. The van der Waals surface area contributed by atoms with E-state index in [4.69, 9.17) is 5.73 Å². The van der Waals surface area contributed by atoms with Crippen molar-refractivity contribution >= 4 is 11.9 Å². The molecule has 1 aromatic heterocycles. The van der Waals surface area contributed by atoms with Crippen LogP contribution in [0.1, 0.15) is 30.0 Å². The molecule has 0 spiro atoms. The Morgan fingerprint density at radius 2 is 1.83 bits per heavy atom. The van der Waals surface area contributed by atoms with Crippen LogP contribution in [0.25, 0.3) is 0 Å². The van der Waals surface area contributed by atoms with Crippen LogP contribution in [0, 0.1) is 0 Å². The normalized spacial score (nSPS) is 15.6. The summed E-state index contributed by atoms with van der Waals surface area (Å²) in [4.78, 5) is 22.7. The number of anilines is 1. The van der Waals surface area contributed by atoms with Crippen LogP contribution in [0.4, 0.5) is 5.95 Å². The largest absolute Gasteiger partial charge is 0.368 e. The van der Waals surface area contributed by atoms with E-state index < -0.39 is 11.9 Å². The van der Waals surface area contributed by atoms with E-state index >= 15 is 0 Å². The summed E-state index contributed by atoms with van der Waals surface area (Å²) in [7, 11) is 0. The second kappa shape index (κ2) is 7.19. The number of amides is 1. The lowest BCUT2D eigenvalue weighted by atomic mass is 10.1. The van der Waals surface area contributed by atoms with Gasteiger partial charge in [-0.05, 0) is 18.4 Å². The van der Waals surface area contributed by atoms with Crippen molar-refractivity contribution < 1.29 is 4.79 Å². The molecular weight excluding hydrogens is 290 g/mol. The van der Waals surface area contributed by atoms with E-state index in [0.717, 1.165) is 30.2 Å². The highest BCUT2D eigenvalue weighted by molar-refractivity contribution is 5.81. The molecule has 1 amide bonds. The van der Waals surface area contributed by atoms with Crippen LogP contribution in [-0.2, 0) is 11.3 Å². The molecule has 1 aliphatic heterocycles.